The van der Waals surface area contributed by atoms with Crippen molar-refractivity contribution in [3.05, 3.63) is 35.9 Å². The lowest BCUT2D eigenvalue weighted by molar-refractivity contribution is 0.558. The largest absolute Gasteiger partial charge is 0.330 e. The SMILES string of the molecule is CC1(C)[C@H](c2ccccc2)[C@@H]1CN. The van der Waals surface area contributed by atoms with Crippen LogP contribution in [0.4, 0.5) is 0 Å². The topological polar surface area (TPSA) is 26.0 Å². The van der Waals surface area contributed by atoms with E-state index < -0.39 is 0 Å². The number of benzene rings is 1. The maximum absolute atomic E-state index is 5.74. The average Bonchev–Trinajstić information content (AvgIpc) is 2.69. The predicted molar refractivity (Wildman–Crippen MR) is 55.5 cm³/mol. The first kappa shape index (κ1) is 8.76. The van der Waals surface area contributed by atoms with E-state index in [-0.39, 0.29) is 0 Å². The van der Waals surface area contributed by atoms with Gasteiger partial charge in [-0.25, -0.2) is 0 Å². The molecule has 0 saturated heterocycles. The molecule has 1 aliphatic carbocycles. The van der Waals surface area contributed by atoms with Crippen molar-refractivity contribution in [2.45, 2.75) is 19.8 Å². The summed E-state index contributed by atoms with van der Waals surface area (Å²) in [5, 5.41) is 0. The maximum Gasteiger partial charge on any atom is -0.00375 e. The molecule has 1 nitrogen and oxygen atoms in total. The molecule has 0 spiro atoms. The van der Waals surface area contributed by atoms with E-state index in [1.807, 2.05) is 0 Å². The predicted octanol–water partition coefficient (Wildman–Crippen LogP) is 2.38. The Morgan fingerprint density at radius 1 is 1.23 bits per heavy atom. The van der Waals surface area contributed by atoms with E-state index in [2.05, 4.69) is 44.2 Å². The van der Waals surface area contributed by atoms with Gasteiger partial charge in [0.15, 0.2) is 0 Å². The first-order valence-corrected chi connectivity index (χ1v) is 4.93. The summed E-state index contributed by atoms with van der Waals surface area (Å²) in [6.07, 6.45) is 0. The van der Waals surface area contributed by atoms with E-state index in [4.69, 9.17) is 5.73 Å². The molecule has 0 unspecified atom stereocenters. The lowest BCUT2D eigenvalue weighted by Crippen LogP contribution is -2.05. The molecule has 1 fully saturated rings. The minimum Gasteiger partial charge on any atom is -0.330 e. The average molecular weight is 175 g/mol. The number of hydrogen-bond acceptors (Lipinski definition) is 1. The van der Waals surface area contributed by atoms with Gasteiger partial charge in [-0.05, 0) is 29.4 Å². The quantitative estimate of drug-likeness (QED) is 0.733. The van der Waals surface area contributed by atoms with E-state index in [9.17, 15) is 0 Å². The van der Waals surface area contributed by atoms with Crippen molar-refractivity contribution < 1.29 is 0 Å². The third-order valence-electron chi connectivity index (χ3n) is 3.46. The summed E-state index contributed by atoms with van der Waals surface area (Å²) >= 11 is 0. The second kappa shape index (κ2) is 2.85. The van der Waals surface area contributed by atoms with Crippen LogP contribution >= 0.6 is 0 Å². The van der Waals surface area contributed by atoms with Crippen LogP contribution in [0.1, 0.15) is 25.3 Å². The minimum absolute atomic E-state index is 0.413. The molecule has 2 atom stereocenters. The Morgan fingerprint density at radius 3 is 2.31 bits per heavy atom. The summed E-state index contributed by atoms with van der Waals surface area (Å²) in [7, 11) is 0. The summed E-state index contributed by atoms with van der Waals surface area (Å²) in [6.45, 7) is 5.43. The van der Waals surface area contributed by atoms with Crippen molar-refractivity contribution in [3.8, 4) is 0 Å². The van der Waals surface area contributed by atoms with Gasteiger partial charge in [-0.1, -0.05) is 44.2 Å². The van der Waals surface area contributed by atoms with E-state index in [1.165, 1.54) is 5.56 Å². The van der Waals surface area contributed by atoms with Gasteiger partial charge in [0.1, 0.15) is 0 Å². The highest BCUT2D eigenvalue weighted by atomic mass is 14.7. The smallest absolute Gasteiger partial charge is 0.00375 e. The van der Waals surface area contributed by atoms with Crippen molar-refractivity contribution in [2.75, 3.05) is 6.54 Å². The van der Waals surface area contributed by atoms with Crippen molar-refractivity contribution >= 4 is 0 Å². The van der Waals surface area contributed by atoms with Crippen molar-refractivity contribution in [1.82, 2.24) is 0 Å². The van der Waals surface area contributed by atoms with Crippen LogP contribution in [0.3, 0.4) is 0 Å². The normalized spacial score (nSPS) is 30.1. The Bertz CT molecular complexity index is 289. The summed E-state index contributed by atoms with van der Waals surface area (Å²) < 4.78 is 0. The lowest BCUT2D eigenvalue weighted by Gasteiger charge is -2.01. The van der Waals surface area contributed by atoms with Crippen LogP contribution in [-0.2, 0) is 0 Å². The molecule has 1 aliphatic rings. The van der Waals surface area contributed by atoms with Crippen molar-refractivity contribution in [3.63, 3.8) is 0 Å². The second-order valence-electron chi connectivity index (χ2n) is 4.55. The third kappa shape index (κ3) is 1.28. The van der Waals surface area contributed by atoms with E-state index in [0.29, 0.717) is 17.3 Å². The third-order valence-corrected chi connectivity index (χ3v) is 3.46. The molecule has 13 heavy (non-hydrogen) atoms. The number of hydrogen-bond donors (Lipinski definition) is 1. The van der Waals surface area contributed by atoms with E-state index in [0.717, 1.165) is 6.54 Å². The highest BCUT2D eigenvalue weighted by Gasteiger charge is 2.56. The zero-order valence-corrected chi connectivity index (χ0v) is 8.33. The van der Waals surface area contributed by atoms with E-state index in [1.54, 1.807) is 0 Å². The fraction of sp³-hybridized carbons (Fsp3) is 0.500. The molecule has 2 rings (SSSR count). The molecule has 0 heterocycles. The molecule has 0 amide bonds. The summed E-state index contributed by atoms with van der Waals surface area (Å²) in [5.41, 5.74) is 7.60. The molecule has 1 saturated carbocycles. The van der Waals surface area contributed by atoms with Crippen LogP contribution < -0.4 is 5.73 Å². The van der Waals surface area contributed by atoms with Gasteiger partial charge < -0.3 is 5.73 Å². The molecule has 0 aliphatic heterocycles. The van der Waals surface area contributed by atoms with E-state index >= 15 is 0 Å². The molecule has 1 heteroatoms. The highest BCUT2D eigenvalue weighted by Crippen LogP contribution is 2.63. The van der Waals surface area contributed by atoms with Crippen LogP contribution in [0.2, 0.25) is 0 Å². The molecule has 70 valence electrons. The molecular weight excluding hydrogens is 158 g/mol. The van der Waals surface area contributed by atoms with Crippen molar-refractivity contribution in [1.29, 1.82) is 0 Å². The van der Waals surface area contributed by atoms with Gasteiger partial charge in [0.05, 0.1) is 0 Å². The van der Waals surface area contributed by atoms with Gasteiger partial charge in [-0.15, -0.1) is 0 Å². The minimum atomic E-state index is 0.413. The molecular formula is C12H17N. The summed E-state index contributed by atoms with van der Waals surface area (Å²) in [4.78, 5) is 0. The maximum atomic E-state index is 5.74. The summed E-state index contributed by atoms with van der Waals surface area (Å²) in [5.74, 6) is 1.36. The van der Waals surface area contributed by atoms with Crippen LogP contribution in [0.25, 0.3) is 0 Å². The van der Waals surface area contributed by atoms with Gasteiger partial charge in [0, 0.05) is 0 Å². The molecule has 0 bridgehead atoms. The molecule has 0 radical (unpaired) electrons. The molecule has 1 aromatic rings. The highest BCUT2D eigenvalue weighted by molar-refractivity contribution is 5.31. The fourth-order valence-electron chi connectivity index (χ4n) is 2.51. The zero-order chi connectivity index (χ0) is 9.47. The van der Waals surface area contributed by atoms with Gasteiger partial charge in [-0.2, -0.15) is 0 Å². The Hall–Kier alpha value is -0.820. The monoisotopic (exact) mass is 175 g/mol. The van der Waals surface area contributed by atoms with Crippen LogP contribution in [-0.4, -0.2) is 6.54 Å². The Balaban J connectivity index is 2.22. The van der Waals surface area contributed by atoms with Crippen LogP contribution in [0.5, 0.6) is 0 Å². The lowest BCUT2D eigenvalue weighted by atomic mass is 10.0. The first-order chi connectivity index (χ1) is 6.18. The Labute approximate surface area is 80.0 Å². The van der Waals surface area contributed by atoms with Gasteiger partial charge in [0.25, 0.3) is 0 Å². The fourth-order valence-corrected chi connectivity index (χ4v) is 2.51. The molecule has 2 N–H and O–H groups in total. The Morgan fingerprint density at radius 2 is 1.85 bits per heavy atom. The van der Waals surface area contributed by atoms with Crippen LogP contribution in [0, 0.1) is 11.3 Å². The standard InChI is InChI=1S/C12H17N/c1-12(2)10(8-13)11(12)9-6-4-3-5-7-9/h3-7,10-11H,8,13H2,1-2H3/t10-,11+/m0/s1. The summed E-state index contributed by atoms with van der Waals surface area (Å²) in [6, 6.07) is 10.7. The molecule has 0 aromatic heterocycles. The Kier molecular flexibility index (Phi) is 1.92. The van der Waals surface area contributed by atoms with Crippen molar-refractivity contribution in [2.24, 2.45) is 17.1 Å². The van der Waals surface area contributed by atoms with Gasteiger partial charge in [-0.3, -0.25) is 0 Å². The number of nitrogens with two attached hydrogens (primary N) is 1. The van der Waals surface area contributed by atoms with Gasteiger partial charge in [0.2, 0.25) is 0 Å². The van der Waals surface area contributed by atoms with Crippen LogP contribution in [0.15, 0.2) is 30.3 Å². The molecule has 1 aromatic carbocycles. The second-order valence-corrected chi connectivity index (χ2v) is 4.55. The first-order valence-electron chi connectivity index (χ1n) is 4.93. The van der Waals surface area contributed by atoms with Gasteiger partial charge >= 0.3 is 0 Å². The zero-order valence-electron chi connectivity index (χ0n) is 8.33. The number of rotatable bonds is 2.